The van der Waals surface area contributed by atoms with E-state index >= 15 is 0 Å². The van der Waals surface area contributed by atoms with Crippen LogP contribution in [0, 0.1) is 11.8 Å². The molecule has 0 saturated carbocycles. The fraction of sp³-hybridized carbons (Fsp3) is 0.875. The van der Waals surface area contributed by atoms with Crippen LogP contribution >= 0.6 is 0 Å². The van der Waals surface area contributed by atoms with Gasteiger partial charge in [0.25, 0.3) is 0 Å². The van der Waals surface area contributed by atoms with Crippen LogP contribution in [-0.2, 0) is 9.53 Å². The van der Waals surface area contributed by atoms with Crippen LogP contribution in [0.2, 0.25) is 0 Å². The lowest BCUT2D eigenvalue weighted by Gasteiger charge is -2.11. The van der Waals surface area contributed by atoms with Crippen molar-refractivity contribution in [3.8, 4) is 0 Å². The maximum atomic E-state index is 10.5. The summed E-state index contributed by atoms with van der Waals surface area (Å²) in [5.41, 5.74) is 0. The van der Waals surface area contributed by atoms with Crippen LogP contribution in [0.25, 0.3) is 0 Å². The van der Waals surface area contributed by atoms with Gasteiger partial charge in [0.2, 0.25) is 0 Å². The molecule has 0 aromatic carbocycles. The smallest absolute Gasteiger partial charge is 0.126 e. The number of hydrogen-bond donors (Lipinski definition) is 1. The molecule has 3 nitrogen and oxygen atoms in total. The lowest BCUT2D eigenvalue weighted by atomic mass is 9.91. The molecule has 0 spiro atoms. The molecule has 1 aliphatic rings. The van der Waals surface area contributed by atoms with Gasteiger partial charge >= 0.3 is 0 Å². The van der Waals surface area contributed by atoms with Crippen molar-refractivity contribution in [2.75, 3.05) is 6.61 Å². The fourth-order valence-electron chi connectivity index (χ4n) is 1.61. The molecule has 0 bridgehead atoms. The van der Waals surface area contributed by atoms with E-state index in [1.54, 1.807) is 0 Å². The van der Waals surface area contributed by atoms with Gasteiger partial charge in [0.15, 0.2) is 0 Å². The summed E-state index contributed by atoms with van der Waals surface area (Å²) in [5, 5.41) is 8.83. The Hall–Kier alpha value is -0.410. The van der Waals surface area contributed by atoms with E-state index in [2.05, 4.69) is 0 Å². The Bertz CT molecular complexity index is 146. The standard InChI is InChI=1S/C8H14O3/c1-5-7(3-9)6(2)11-8(5)4-10/h3,5-8,10H,4H2,1-2H3/t5-,6-,7+,8+/m0/s1. The second kappa shape index (κ2) is 3.32. The van der Waals surface area contributed by atoms with Crippen molar-refractivity contribution >= 4 is 6.29 Å². The average molecular weight is 158 g/mol. The van der Waals surface area contributed by atoms with Gasteiger partial charge in [-0.25, -0.2) is 0 Å². The summed E-state index contributed by atoms with van der Waals surface area (Å²) in [5.74, 6) is 0.0969. The van der Waals surface area contributed by atoms with Crippen LogP contribution in [0.5, 0.6) is 0 Å². The van der Waals surface area contributed by atoms with Gasteiger partial charge in [-0.2, -0.15) is 0 Å². The Morgan fingerprint density at radius 2 is 2.18 bits per heavy atom. The number of ether oxygens (including phenoxy) is 1. The highest BCUT2D eigenvalue weighted by atomic mass is 16.5. The molecule has 4 atom stereocenters. The third-order valence-corrected chi connectivity index (χ3v) is 2.46. The fourth-order valence-corrected chi connectivity index (χ4v) is 1.61. The number of rotatable bonds is 2. The summed E-state index contributed by atoms with van der Waals surface area (Å²) in [6.45, 7) is 3.81. The largest absolute Gasteiger partial charge is 0.394 e. The first-order valence-corrected chi connectivity index (χ1v) is 3.92. The lowest BCUT2D eigenvalue weighted by Crippen LogP contribution is -2.21. The minimum Gasteiger partial charge on any atom is -0.394 e. The van der Waals surface area contributed by atoms with E-state index in [1.807, 2.05) is 13.8 Å². The van der Waals surface area contributed by atoms with Crippen molar-refractivity contribution in [1.29, 1.82) is 0 Å². The summed E-state index contributed by atoms with van der Waals surface area (Å²) < 4.78 is 5.34. The summed E-state index contributed by atoms with van der Waals surface area (Å²) in [4.78, 5) is 10.5. The van der Waals surface area contributed by atoms with Gasteiger partial charge in [-0.1, -0.05) is 6.92 Å². The zero-order valence-corrected chi connectivity index (χ0v) is 6.86. The number of aliphatic hydroxyl groups excluding tert-OH is 1. The third kappa shape index (κ3) is 1.44. The summed E-state index contributed by atoms with van der Waals surface area (Å²) >= 11 is 0. The van der Waals surface area contributed by atoms with Crippen molar-refractivity contribution in [2.24, 2.45) is 11.8 Å². The van der Waals surface area contributed by atoms with Gasteiger partial charge in [0, 0.05) is 5.92 Å². The number of carbonyl (C=O) groups is 1. The van der Waals surface area contributed by atoms with Crippen LogP contribution < -0.4 is 0 Å². The zero-order valence-electron chi connectivity index (χ0n) is 6.86. The first-order chi connectivity index (χ1) is 5.20. The maximum Gasteiger partial charge on any atom is 0.126 e. The van der Waals surface area contributed by atoms with Gasteiger partial charge in [-0.05, 0) is 12.8 Å². The molecule has 1 fully saturated rings. The second-order valence-corrected chi connectivity index (χ2v) is 3.13. The Balaban J connectivity index is 2.62. The Labute approximate surface area is 66.4 Å². The number of hydrogen-bond acceptors (Lipinski definition) is 3. The molecule has 0 aliphatic carbocycles. The van der Waals surface area contributed by atoms with E-state index in [4.69, 9.17) is 9.84 Å². The first-order valence-electron chi connectivity index (χ1n) is 3.92. The number of aliphatic hydroxyl groups is 1. The molecule has 11 heavy (non-hydrogen) atoms. The van der Waals surface area contributed by atoms with Crippen LogP contribution in [0.3, 0.4) is 0 Å². The van der Waals surface area contributed by atoms with Gasteiger partial charge in [0.1, 0.15) is 6.29 Å². The monoisotopic (exact) mass is 158 g/mol. The van der Waals surface area contributed by atoms with E-state index < -0.39 is 0 Å². The third-order valence-electron chi connectivity index (χ3n) is 2.46. The van der Waals surface area contributed by atoms with Crippen LogP contribution in [-0.4, -0.2) is 30.2 Å². The molecular weight excluding hydrogens is 144 g/mol. The lowest BCUT2D eigenvalue weighted by molar-refractivity contribution is -0.112. The summed E-state index contributed by atoms with van der Waals surface area (Å²) in [6.07, 6.45) is 0.727. The molecule has 0 aromatic rings. The quantitative estimate of drug-likeness (QED) is 0.585. The Kier molecular flexibility index (Phi) is 2.62. The molecule has 1 aliphatic heterocycles. The molecule has 1 rings (SSSR count). The highest BCUT2D eigenvalue weighted by Gasteiger charge is 2.38. The maximum absolute atomic E-state index is 10.5. The number of carbonyl (C=O) groups excluding carboxylic acids is 1. The molecule has 0 unspecified atom stereocenters. The molecule has 1 heterocycles. The predicted octanol–water partition coefficient (Wildman–Crippen LogP) is 0.217. The molecular formula is C8H14O3. The second-order valence-electron chi connectivity index (χ2n) is 3.13. The van der Waals surface area contributed by atoms with Crippen molar-refractivity contribution < 1.29 is 14.6 Å². The Morgan fingerprint density at radius 1 is 1.55 bits per heavy atom. The van der Waals surface area contributed by atoms with Gasteiger partial charge < -0.3 is 14.6 Å². The SMILES string of the molecule is C[C@H]1[C@@H](C=O)[C@H](C)O[C@@H]1CO. The van der Waals surface area contributed by atoms with Crippen molar-refractivity contribution in [3.63, 3.8) is 0 Å². The van der Waals surface area contributed by atoms with Crippen LogP contribution in [0.15, 0.2) is 0 Å². The van der Waals surface area contributed by atoms with E-state index in [-0.39, 0.29) is 30.7 Å². The van der Waals surface area contributed by atoms with Crippen LogP contribution in [0.1, 0.15) is 13.8 Å². The van der Waals surface area contributed by atoms with Gasteiger partial charge in [-0.3, -0.25) is 0 Å². The van der Waals surface area contributed by atoms with Gasteiger partial charge in [0.05, 0.1) is 18.8 Å². The minimum absolute atomic E-state index is 0.00977. The molecule has 0 aromatic heterocycles. The van der Waals surface area contributed by atoms with Crippen molar-refractivity contribution in [3.05, 3.63) is 0 Å². The highest BCUT2D eigenvalue weighted by Crippen LogP contribution is 2.30. The minimum atomic E-state index is -0.153. The Morgan fingerprint density at radius 3 is 2.45 bits per heavy atom. The average Bonchev–Trinajstić information content (AvgIpc) is 2.26. The van der Waals surface area contributed by atoms with Crippen molar-refractivity contribution in [1.82, 2.24) is 0 Å². The molecule has 1 N–H and O–H groups in total. The van der Waals surface area contributed by atoms with Gasteiger partial charge in [-0.15, -0.1) is 0 Å². The molecule has 0 amide bonds. The molecule has 1 saturated heterocycles. The summed E-state index contributed by atoms with van der Waals surface area (Å²) in [7, 11) is 0. The van der Waals surface area contributed by atoms with Crippen LogP contribution in [0.4, 0.5) is 0 Å². The normalized spacial score (nSPS) is 44.3. The first kappa shape index (κ1) is 8.68. The zero-order chi connectivity index (χ0) is 8.43. The predicted molar refractivity (Wildman–Crippen MR) is 40.1 cm³/mol. The molecule has 0 radical (unpaired) electrons. The van der Waals surface area contributed by atoms with E-state index in [9.17, 15) is 4.79 Å². The van der Waals surface area contributed by atoms with Crippen molar-refractivity contribution in [2.45, 2.75) is 26.1 Å². The van der Waals surface area contributed by atoms with E-state index in [1.165, 1.54) is 0 Å². The van der Waals surface area contributed by atoms with E-state index in [0.717, 1.165) is 6.29 Å². The molecule has 64 valence electrons. The summed E-state index contributed by atoms with van der Waals surface area (Å²) in [6, 6.07) is 0. The van der Waals surface area contributed by atoms with E-state index in [0.29, 0.717) is 0 Å². The number of aldehydes is 1. The topological polar surface area (TPSA) is 46.5 Å². The highest BCUT2D eigenvalue weighted by molar-refractivity contribution is 5.55. The molecule has 3 heteroatoms.